The van der Waals surface area contributed by atoms with Crippen LogP contribution in [-0.2, 0) is 9.53 Å². The number of amides is 2. The molecule has 4 N–H and O–H groups in total. The van der Waals surface area contributed by atoms with E-state index in [-0.39, 0.29) is 6.61 Å². The number of halogens is 3. The van der Waals surface area contributed by atoms with Crippen LogP contribution < -0.4 is 10.6 Å². The van der Waals surface area contributed by atoms with Gasteiger partial charge in [0.15, 0.2) is 0 Å². The number of hydrogen-bond donors (Lipinski definition) is 4. The molecule has 1 heterocycles. The number of aliphatic hydroxyl groups is 1. The van der Waals surface area contributed by atoms with Gasteiger partial charge in [-0.05, 0) is 13.0 Å². The summed E-state index contributed by atoms with van der Waals surface area (Å²) in [5, 5.41) is 34.2. The quantitative estimate of drug-likeness (QED) is 0.339. The molecule has 1 fully saturated rings. The summed E-state index contributed by atoms with van der Waals surface area (Å²) in [5.41, 5.74) is -5.22. The standard InChI is InChI=1S/C14H14F3N3O7/c1-2-27-11(22)9-10(7-5-6(20(25)26)3-4-8(7)21)18-12(23)19-13(9,24)14(15,16)17/h3-5,9-10,21,24H,2H2,1H3,(H2,18,19,23)/t9-,10-,13-/m0/s1. The van der Waals surface area contributed by atoms with Crippen LogP contribution in [0.2, 0.25) is 0 Å². The molecule has 27 heavy (non-hydrogen) atoms. The number of phenols is 1. The topological polar surface area (TPSA) is 151 Å². The van der Waals surface area contributed by atoms with Crippen LogP contribution in [0.25, 0.3) is 0 Å². The Bertz CT molecular complexity index is 786. The molecule has 2 rings (SSSR count). The second kappa shape index (κ2) is 6.90. The van der Waals surface area contributed by atoms with Gasteiger partial charge in [-0.3, -0.25) is 14.9 Å². The van der Waals surface area contributed by atoms with Crippen molar-refractivity contribution in [3.63, 3.8) is 0 Å². The molecule has 0 saturated carbocycles. The molecule has 0 aliphatic carbocycles. The second-order valence-corrected chi connectivity index (χ2v) is 5.57. The van der Waals surface area contributed by atoms with Crippen LogP contribution in [0, 0.1) is 16.0 Å². The predicted octanol–water partition coefficient (Wildman–Crippen LogP) is 1.08. The Kier molecular flexibility index (Phi) is 5.17. The number of hydrogen-bond acceptors (Lipinski definition) is 7. The van der Waals surface area contributed by atoms with E-state index < -0.39 is 57.8 Å². The maximum atomic E-state index is 13.5. The minimum atomic E-state index is -5.50. The number of nitrogens with one attached hydrogen (secondary N) is 2. The van der Waals surface area contributed by atoms with Crippen molar-refractivity contribution < 1.29 is 42.6 Å². The summed E-state index contributed by atoms with van der Waals surface area (Å²) in [6.45, 7) is 0.962. The van der Waals surface area contributed by atoms with Crippen molar-refractivity contribution in [2.45, 2.75) is 24.9 Å². The molecule has 0 bridgehead atoms. The molecular formula is C14H14F3N3O7. The molecule has 3 atom stereocenters. The minimum absolute atomic E-state index is 0.342. The van der Waals surface area contributed by atoms with Gasteiger partial charge in [0.05, 0.1) is 17.6 Å². The number of urea groups is 1. The van der Waals surface area contributed by atoms with Crippen molar-refractivity contribution >= 4 is 17.7 Å². The first-order valence-corrected chi connectivity index (χ1v) is 7.44. The largest absolute Gasteiger partial charge is 0.508 e. The maximum absolute atomic E-state index is 13.5. The van der Waals surface area contributed by atoms with Crippen molar-refractivity contribution in [2.24, 2.45) is 5.92 Å². The summed E-state index contributed by atoms with van der Waals surface area (Å²) >= 11 is 0. The minimum Gasteiger partial charge on any atom is -0.508 e. The molecular weight excluding hydrogens is 379 g/mol. The van der Waals surface area contributed by atoms with E-state index in [2.05, 4.69) is 4.74 Å². The summed E-state index contributed by atoms with van der Waals surface area (Å²) in [5.74, 6) is -4.77. The Morgan fingerprint density at radius 2 is 2.07 bits per heavy atom. The third kappa shape index (κ3) is 3.58. The number of nitrogens with zero attached hydrogens (tertiary/aromatic N) is 1. The van der Waals surface area contributed by atoms with Gasteiger partial charge in [0.25, 0.3) is 11.4 Å². The van der Waals surface area contributed by atoms with E-state index in [1.165, 1.54) is 12.2 Å². The fraction of sp³-hybridized carbons (Fsp3) is 0.429. The number of ether oxygens (including phenoxy) is 1. The first kappa shape index (κ1) is 20.2. The van der Waals surface area contributed by atoms with E-state index in [4.69, 9.17) is 0 Å². The van der Waals surface area contributed by atoms with Crippen molar-refractivity contribution in [2.75, 3.05) is 6.61 Å². The highest BCUT2D eigenvalue weighted by molar-refractivity contribution is 5.83. The summed E-state index contributed by atoms with van der Waals surface area (Å²) in [6, 6.07) is -1.10. The van der Waals surface area contributed by atoms with Crippen LogP contribution in [0.15, 0.2) is 18.2 Å². The SMILES string of the molecule is CCOC(=O)[C@@H]1[C@H](c2cc([N+](=O)[O-])ccc2O)NC(=O)N[C@@]1(O)C(F)(F)F. The van der Waals surface area contributed by atoms with Crippen molar-refractivity contribution in [1.29, 1.82) is 0 Å². The molecule has 1 aliphatic rings. The molecule has 148 valence electrons. The van der Waals surface area contributed by atoms with Gasteiger partial charge in [0.1, 0.15) is 11.7 Å². The molecule has 0 radical (unpaired) electrons. The zero-order chi connectivity index (χ0) is 20.6. The van der Waals surface area contributed by atoms with Gasteiger partial charge in [0.2, 0.25) is 0 Å². The summed E-state index contributed by atoms with van der Waals surface area (Å²) in [4.78, 5) is 33.9. The molecule has 1 saturated heterocycles. The number of rotatable bonds is 4. The number of non-ortho nitro benzene ring substituents is 1. The number of nitro benzene ring substituents is 1. The molecule has 13 heteroatoms. The number of carbonyl (C=O) groups excluding carboxylic acids is 2. The Morgan fingerprint density at radius 3 is 2.59 bits per heavy atom. The third-order valence-electron chi connectivity index (χ3n) is 3.90. The number of alkyl halides is 3. The zero-order valence-electron chi connectivity index (χ0n) is 13.6. The van der Waals surface area contributed by atoms with Crippen LogP contribution in [0.1, 0.15) is 18.5 Å². The number of aromatic hydroxyl groups is 1. The van der Waals surface area contributed by atoms with E-state index in [0.29, 0.717) is 6.07 Å². The Balaban J connectivity index is 2.68. The first-order chi connectivity index (χ1) is 12.4. The van der Waals surface area contributed by atoms with E-state index in [1.54, 1.807) is 0 Å². The van der Waals surface area contributed by atoms with Gasteiger partial charge in [-0.15, -0.1) is 0 Å². The lowest BCUT2D eigenvalue weighted by atomic mass is 9.81. The highest BCUT2D eigenvalue weighted by Crippen LogP contribution is 2.45. The molecule has 1 aromatic rings. The number of benzene rings is 1. The Morgan fingerprint density at radius 1 is 1.44 bits per heavy atom. The summed E-state index contributed by atoms with van der Waals surface area (Å²) in [6.07, 6.45) is -5.50. The molecule has 2 amide bonds. The van der Waals surface area contributed by atoms with E-state index in [1.807, 2.05) is 5.32 Å². The van der Waals surface area contributed by atoms with Crippen molar-refractivity contribution in [3.05, 3.63) is 33.9 Å². The number of phenolic OH excluding ortho intramolecular Hbond substituents is 1. The van der Waals surface area contributed by atoms with E-state index >= 15 is 0 Å². The molecule has 0 unspecified atom stereocenters. The second-order valence-electron chi connectivity index (χ2n) is 5.57. The van der Waals surface area contributed by atoms with Gasteiger partial charge >= 0.3 is 18.2 Å². The predicted molar refractivity (Wildman–Crippen MR) is 80.3 cm³/mol. The van der Waals surface area contributed by atoms with E-state index in [9.17, 15) is 43.1 Å². The fourth-order valence-electron chi connectivity index (χ4n) is 2.70. The fourth-order valence-corrected chi connectivity index (χ4v) is 2.70. The Labute approximate surface area is 149 Å². The highest BCUT2D eigenvalue weighted by atomic mass is 19.4. The lowest BCUT2D eigenvalue weighted by Gasteiger charge is -2.44. The average molecular weight is 393 g/mol. The molecule has 1 aromatic carbocycles. The van der Waals surface area contributed by atoms with Gasteiger partial charge in [-0.1, -0.05) is 0 Å². The summed E-state index contributed by atoms with van der Waals surface area (Å²) < 4.78 is 45.0. The van der Waals surface area contributed by atoms with Crippen molar-refractivity contribution in [1.82, 2.24) is 10.6 Å². The first-order valence-electron chi connectivity index (χ1n) is 7.44. The van der Waals surface area contributed by atoms with Gasteiger partial charge in [0, 0.05) is 17.7 Å². The van der Waals surface area contributed by atoms with Crippen LogP contribution >= 0.6 is 0 Å². The molecule has 10 nitrogen and oxygen atoms in total. The normalized spacial score (nSPS) is 25.3. The monoisotopic (exact) mass is 393 g/mol. The average Bonchev–Trinajstić information content (AvgIpc) is 2.53. The molecule has 0 aromatic heterocycles. The zero-order valence-corrected chi connectivity index (χ0v) is 13.6. The maximum Gasteiger partial charge on any atom is 0.437 e. The van der Waals surface area contributed by atoms with Gasteiger partial charge < -0.3 is 25.6 Å². The third-order valence-corrected chi connectivity index (χ3v) is 3.90. The number of carbonyl (C=O) groups is 2. The van der Waals surface area contributed by atoms with Gasteiger partial charge in [-0.25, -0.2) is 4.79 Å². The van der Waals surface area contributed by atoms with Crippen LogP contribution in [0.4, 0.5) is 23.7 Å². The van der Waals surface area contributed by atoms with Crippen LogP contribution in [0.3, 0.4) is 0 Å². The lowest BCUT2D eigenvalue weighted by molar-refractivity contribution is -0.385. The number of nitro groups is 1. The van der Waals surface area contributed by atoms with E-state index in [0.717, 1.165) is 12.1 Å². The van der Waals surface area contributed by atoms with Crippen molar-refractivity contribution in [3.8, 4) is 5.75 Å². The van der Waals surface area contributed by atoms with Crippen LogP contribution in [-0.4, -0.2) is 45.6 Å². The summed E-state index contributed by atoms with van der Waals surface area (Å²) in [7, 11) is 0. The molecule has 1 aliphatic heterocycles. The Hall–Kier alpha value is -3.09. The van der Waals surface area contributed by atoms with Crippen LogP contribution in [0.5, 0.6) is 5.75 Å². The lowest BCUT2D eigenvalue weighted by Crippen LogP contribution is -2.73. The number of esters is 1. The highest BCUT2D eigenvalue weighted by Gasteiger charge is 2.67. The molecule has 0 spiro atoms. The smallest absolute Gasteiger partial charge is 0.437 e. The van der Waals surface area contributed by atoms with Gasteiger partial charge in [-0.2, -0.15) is 13.2 Å².